The van der Waals surface area contributed by atoms with Gasteiger partial charge in [0.1, 0.15) is 5.82 Å². The van der Waals surface area contributed by atoms with Gasteiger partial charge in [-0.15, -0.1) is 0 Å². The van der Waals surface area contributed by atoms with Crippen LogP contribution in [0.5, 0.6) is 0 Å². The molecule has 5 heteroatoms. The predicted octanol–water partition coefficient (Wildman–Crippen LogP) is 1.47. The quantitative estimate of drug-likeness (QED) is 0.850. The van der Waals surface area contributed by atoms with Crippen LogP contribution < -0.4 is 5.73 Å². The first kappa shape index (κ1) is 13.2. The average molecular weight is 276 g/mol. The van der Waals surface area contributed by atoms with Gasteiger partial charge < -0.3 is 5.73 Å². The van der Waals surface area contributed by atoms with Gasteiger partial charge >= 0.3 is 0 Å². The summed E-state index contributed by atoms with van der Waals surface area (Å²) in [6.07, 6.45) is 0. The molecule has 2 amide bonds. The summed E-state index contributed by atoms with van der Waals surface area (Å²) in [5, 5.41) is 0. The molecule has 2 fully saturated rings. The van der Waals surface area contributed by atoms with Gasteiger partial charge in [-0.25, -0.2) is 4.39 Å². The predicted molar refractivity (Wildman–Crippen MR) is 70.8 cm³/mol. The number of imide groups is 1. The van der Waals surface area contributed by atoms with E-state index >= 15 is 0 Å². The first-order valence-corrected chi connectivity index (χ1v) is 6.70. The number of carbonyl (C=O) groups is 2. The summed E-state index contributed by atoms with van der Waals surface area (Å²) in [6.45, 7) is 3.98. The molecule has 1 saturated carbocycles. The third-order valence-electron chi connectivity index (χ3n) is 4.55. The van der Waals surface area contributed by atoms with E-state index < -0.39 is 6.04 Å². The fourth-order valence-corrected chi connectivity index (χ4v) is 3.22. The second kappa shape index (κ2) is 4.12. The first-order chi connectivity index (χ1) is 9.34. The van der Waals surface area contributed by atoms with Crippen LogP contribution in [-0.2, 0) is 9.59 Å². The smallest absolute Gasteiger partial charge is 0.233 e. The highest BCUT2D eigenvalue weighted by Gasteiger charge is 2.72. The maximum absolute atomic E-state index is 13.2. The van der Waals surface area contributed by atoms with Crippen molar-refractivity contribution in [1.29, 1.82) is 0 Å². The molecular formula is C15H17FN2O2. The zero-order valence-electron chi connectivity index (χ0n) is 11.5. The lowest BCUT2D eigenvalue weighted by molar-refractivity contribution is -0.143. The number of amides is 2. The largest absolute Gasteiger partial charge is 0.322 e. The maximum Gasteiger partial charge on any atom is 0.233 e. The molecular weight excluding hydrogens is 259 g/mol. The van der Waals surface area contributed by atoms with Gasteiger partial charge in [-0.05, 0) is 23.1 Å². The van der Waals surface area contributed by atoms with Gasteiger partial charge in [0, 0.05) is 12.6 Å². The number of hydrogen-bond donors (Lipinski definition) is 1. The molecule has 0 spiro atoms. The van der Waals surface area contributed by atoms with Gasteiger partial charge in [-0.2, -0.15) is 0 Å². The number of benzene rings is 1. The molecule has 1 aliphatic carbocycles. The first-order valence-electron chi connectivity index (χ1n) is 6.70. The third-order valence-corrected chi connectivity index (χ3v) is 4.55. The molecule has 20 heavy (non-hydrogen) atoms. The second-order valence-electron chi connectivity index (χ2n) is 6.23. The molecule has 1 heterocycles. The van der Waals surface area contributed by atoms with E-state index in [1.165, 1.54) is 17.0 Å². The normalized spacial score (nSPS) is 28.5. The summed E-state index contributed by atoms with van der Waals surface area (Å²) in [4.78, 5) is 25.6. The molecule has 1 aromatic rings. The summed E-state index contributed by atoms with van der Waals surface area (Å²) in [5.74, 6) is -1.06. The highest BCUT2D eigenvalue weighted by atomic mass is 19.1. The Morgan fingerprint density at radius 2 is 1.90 bits per heavy atom. The standard InChI is InChI=1S/C15H17FN2O2/c1-15(2)11-12(15)14(20)18(13(11)19)7-10(17)8-4-3-5-9(16)6-8/h3-6,10-12H,7,17H2,1-2H3. The fraction of sp³-hybridized carbons (Fsp3) is 0.467. The summed E-state index contributed by atoms with van der Waals surface area (Å²) >= 11 is 0. The van der Waals surface area contributed by atoms with Crippen LogP contribution in [0.25, 0.3) is 0 Å². The monoisotopic (exact) mass is 276 g/mol. The van der Waals surface area contributed by atoms with Crippen LogP contribution in [-0.4, -0.2) is 23.3 Å². The van der Waals surface area contributed by atoms with Crippen LogP contribution in [0, 0.1) is 23.1 Å². The van der Waals surface area contributed by atoms with Crippen molar-refractivity contribution in [3.05, 3.63) is 35.6 Å². The molecule has 106 valence electrons. The lowest BCUT2D eigenvalue weighted by atomic mass is 10.0. The molecule has 0 radical (unpaired) electrons. The topological polar surface area (TPSA) is 63.4 Å². The van der Waals surface area contributed by atoms with Gasteiger partial charge in [0.2, 0.25) is 11.8 Å². The van der Waals surface area contributed by atoms with Crippen molar-refractivity contribution in [3.8, 4) is 0 Å². The minimum absolute atomic E-state index is 0.115. The van der Waals surface area contributed by atoms with Crippen molar-refractivity contribution >= 4 is 11.8 Å². The van der Waals surface area contributed by atoms with Crippen LogP contribution in [0.15, 0.2) is 24.3 Å². The van der Waals surface area contributed by atoms with E-state index in [0.29, 0.717) is 5.56 Å². The summed E-state index contributed by atoms with van der Waals surface area (Å²) < 4.78 is 13.2. The number of halogens is 1. The van der Waals surface area contributed by atoms with Gasteiger partial charge in [-0.3, -0.25) is 14.5 Å². The number of nitrogens with two attached hydrogens (primary N) is 1. The molecule has 1 aliphatic heterocycles. The molecule has 2 aliphatic rings. The summed E-state index contributed by atoms with van der Waals surface area (Å²) in [7, 11) is 0. The Morgan fingerprint density at radius 3 is 2.45 bits per heavy atom. The van der Waals surface area contributed by atoms with Crippen molar-refractivity contribution < 1.29 is 14.0 Å². The lowest BCUT2D eigenvalue weighted by Crippen LogP contribution is -2.40. The Hall–Kier alpha value is -1.75. The van der Waals surface area contributed by atoms with Gasteiger partial charge in [0.15, 0.2) is 0 Å². The van der Waals surface area contributed by atoms with Crippen molar-refractivity contribution in [2.45, 2.75) is 19.9 Å². The van der Waals surface area contributed by atoms with E-state index in [1.54, 1.807) is 12.1 Å². The van der Waals surface area contributed by atoms with E-state index in [0.717, 1.165) is 0 Å². The number of nitrogens with zero attached hydrogens (tertiary/aromatic N) is 1. The highest BCUT2D eigenvalue weighted by molar-refractivity contribution is 6.10. The number of fused-ring (bicyclic) bond motifs is 1. The summed E-state index contributed by atoms with van der Waals surface area (Å²) in [6, 6.07) is 5.38. The Labute approximate surface area is 116 Å². The van der Waals surface area contributed by atoms with Crippen LogP contribution in [0.2, 0.25) is 0 Å². The Bertz CT molecular complexity index is 575. The molecule has 0 aromatic heterocycles. The molecule has 0 bridgehead atoms. The van der Waals surface area contributed by atoms with E-state index in [1.807, 2.05) is 13.8 Å². The number of likely N-dealkylation sites (tertiary alicyclic amines) is 1. The molecule has 1 aromatic carbocycles. The third kappa shape index (κ3) is 1.77. The number of rotatable bonds is 3. The van der Waals surface area contributed by atoms with E-state index in [2.05, 4.69) is 0 Å². The minimum Gasteiger partial charge on any atom is -0.322 e. The van der Waals surface area contributed by atoms with Gasteiger partial charge in [0.25, 0.3) is 0 Å². The molecule has 3 rings (SSSR count). The zero-order chi connectivity index (χ0) is 14.7. The van der Waals surface area contributed by atoms with Crippen molar-refractivity contribution in [2.24, 2.45) is 23.0 Å². The highest BCUT2D eigenvalue weighted by Crippen LogP contribution is 2.63. The SMILES string of the molecule is CC1(C)C2C(=O)N(CC(N)c3cccc(F)c3)C(=O)C21. The lowest BCUT2D eigenvalue weighted by Gasteiger charge is -2.24. The number of hydrogen-bond acceptors (Lipinski definition) is 3. The molecule has 3 unspecified atom stereocenters. The van der Waals surface area contributed by atoms with Crippen molar-refractivity contribution in [1.82, 2.24) is 4.90 Å². The van der Waals surface area contributed by atoms with Gasteiger partial charge in [0.05, 0.1) is 11.8 Å². The molecule has 3 atom stereocenters. The average Bonchev–Trinajstić information content (AvgIpc) is 2.86. The Kier molecular flexibility index (Phi) is 2.73. The fourth-order valence-electron chi connectivity index (χ4n) is 3.22. The number of piperidine rings is 1. The number of carbonyl (C=O) groups excluding carboxylic acids is 2. The maximum atomic E-state index is 13.2. The van der Waals surface area contributed by atoms with E-state index in [9.17, 15) is 14.0 Å². The van der Waals surface area contributed by atoms with E-state index in [-0.39, 0.29) is 41.4 Å². The zero-order valence-corrected chi connectivity index (χ0v) is 11.5. The van der Waals surface area contributed by atoms with Crippen LogP contribution in [0.4, 0.5) is 4.39 Å². The minimum atomic E-state index is -0.556. The summed E-state index contributed by atoms with van der Waals surface area (Å²) in [5.41, 5.74) is 6.36. The van der Waals surface area contributed by atoms with Gasteiger partial charge in [-0.1, -0.05) is 26.0 Å². The molecule has 4 nitrogen and oxygen atoms in total. The van der Waals surface area contributed by atoms with Crippen molar-refractivity contribution in [3.63, 3.8) is 0 Å². The Morgan fingerprint density at radius 1 is 1.30 bits per heavy atom. The van der Waals surface area contributed by atoms with E-state index in [4.69, 9.17) is 5.73 Å². The van der Waals surface area contributed by atoms with Crippen molar-refractivity contribution in [2.75, 3.05) is 6.54 Å². The Balaban J connectivity index is 1.74. The van der Waals surface area contributed by atoms with Crippen LogP contribution >= 0.6 is 0 Å². The second-order valence-corrected chi connectivity index (χ2v) is 6.23. The molecule has 1 saturated heterocycles. The molecule has 2 N–H and O–H groups in total. The van der Waals surface area contributed by atoms with Crippen LogP contribution in [0.1, 0.15) is 25.5 Å². The van der Waals surface area contributed by atoms with Crippen LogP contribution in [0.3, 0.4) is 0 Å².